The Morgan fingerprint density at radius 2 is 1.96 bits per heavy atom. The van der Waals surface area contributed by atoms with Crippen LogP contribution in [0.15, 0.2) is 18.2 Å². The van der Waals surface area contributed by atoms with Crippen LogP contribution in [-0.2, 0) is 14.9 Å². The van der Waals surface area contributed by atoms with Gasteiger partial charge in [0.15, 0.2) is 0 Å². The van der Waals surface area contributed by atoms with Crippen LogP contribution in [0.2, 0.25) is 0 Å². The van der Waals surface area contributed by atoms with E-state index in [9.17, 15) is 18.4 Å². The fourth-order valence-electron chi connectivity index (χ4n) is 4.18. The predicted octanol–water partition coefficient (Wildman–Crippen LogP) is 4.32. The number of carbonyl (C=O) groups excluding carboxylic acids is 2. The van der Waals surface area contributed by atoms with E-state index < -0.39 is 34.9 Å². The molecule has 1 aromatic carbocycles. The monoisotopic (exact) mass is 395 g/mol. The molecule has 0 bridgehead atoms. The third kappa shape index (κ3) is 3.25. The number of halogens is 2. The zero-order chi connectivity index (χ0) is 20.9. The molecule has 2 aliphatic rings. The Labute approximate surface area is 164 Å². The van der Waals surface area contributed by atoms with Crippen LogP contribution in [-0.4, -0.2) is 48.2 Å². The summed E-state index contributed by atoms with van der Waals surface area (Å²) in [6, 6.07) is 4.81. The number of hydrogen-bond acceptors (Lipinski definition) is 4. The van der Waals surface area contributed by atoms with Crippen LogP contribution in [0, 0.1) is 12.8 Å². The van der Waals surface area contributed by atoms with Gasteiger partial charge >= 0.3 is 12.1 Å². The summed E-state index contributed by atoms with van der Waals surface area (Å²) >= 11 is 0. The number of nitrogens with zero attached hydrogens (tertiary/aromatic N) is 1. The fraction of sp³-hybridized carbons (Fsp3) is 0.619. The predicted molar refractivity (Wildman–Crippen MR) is 99.7 cm³/mol. The quantitative estimate of drug-likeness (QED) is 0.716. The average molecular weight is 395 g/mol. The van der Waals surface area contributed by atoms with Gasteiger partial charge in [0.05, 0.1) is 23.5 Å². The number of benzene rings is 1. The zero-order valence-corrected chi connectivity index (χ0v) is 17.0. The number of rotatable bonds is 3. The van der Waals surface area contributed by atoms with Crippen LogP contribution in [0.4, 0.5) is 13.6 Å². The number of fused-ring (bicyclic) bond motifs is 1. The SMILES string of the molecule is CCOC(=O)c1ccc(C23CCN(C(=O)OC(C)(C)C)CC2C3(F)F)cc1C. The van der Waals surface area contributed by atoms with Crippen LogP contribution in [0.1, 0.15) is 55.6 Å². The Morgan fingerprint density at radius 1 is 1.29 bits per heavy atom. The van der Waals surface area contributed by atoms with Gasteiger partial charge in [0, 0.05) is 13.1 Å². The number of alkyl halides is 2. The Bertz CT molecular complexity index is 802. The molecule has 1 heterocycles. The van der Waals surface area contributed by atoms with Gasteiger partial charge in [-0.05, 0) is 58.2 Å². The van der Waals surface area contributed by atoms with Crippen LogP contribution in [0.5, 0.6) is 0 Å². The lowest BCUT2D eigenvalue weighted by Gasteiger charge is -2.32. The van der Waals surface area contributed by atoms with Gasteiger partial charge in [-0.2, -0.15) is 0 Å². The van der Waals surface area contributed by atoms with Gasteiger partial charge in [0.2, 0.25) is 0 Å². The Morgan fingerprint density at radius 3 is 2.50 bits per heavy atom. The summed E-state index contributed by atoms with van der Waals surface area (Å²) in [5.74, 6) is -4.31. The van der Waals surface area contributed by atoms with E-state index in [1.54, 1.807) is 52.8 Å². The number of likely N-dealkylation sites (tertiary alicyclic amines) is 1. The van der Waals surface area contributed by atoms with Crippen LogP contribution in [0.3, 0.4) is 0 Å². The van der Waals surface area contributed by atoms with Crippen molar-refractivity contribution >= 4 is 12.1 Å². The largest absolute Gasteiger partial charge is 0.462 e. The third-order valence-corrected chi connectivity index (χ3v) is 5.61. The smallest absolute Gasteiger partial charge is 0.410 e. The highest BCUT2D eigenvalue weighted by atomic mass is 19.3. The number of aryl methyl sites for hydroxylation is 1. The molecular formula is C21H27F2NO4. The molecule has 1 aliphatic heterocycles. The first kappa shape index (κ1) is 20.6. The van der Waals surface area contributed by atoms with Crippen LogP contribution in [0.25, 0.3) is 0 Å². The van der Waals surface area contributed by atoms with Crippen molar-refractivity contribution in [3.8, 4) is 0 Å². The minimum Gasteiger partial charge on any atom is -0.462 e. The van der Waals surface area contributed by atoms with Crippen molar-refractivity contribution in [2.24, 2.45) is 5.92 Å². The summed E-state index contributed by atoms with van der Waals surface area (Å²) in [4.78, 5) is 25.6. The summed E-state index contributed by atoms with van der Waals surface area (Å²) in [6.07, 6.45) is -0.403. The molecule has 0 radical (unpaired) electrons. The average Bonchev–Trinajstić information content (AvgIpc) is 3.09. The first-order valence-electron chi connectivity index (χ1n) is 9.58. The second-order valence-electron chi connectivity index (χ2n) is 8.57. The molecule has 1 aliphatic carbocycles. The summed E-state index contributed by atoms with van der Waals surface area (Å²) < 4.78 is 40.0. The highest BCUT2D eigenvalue weighted by Crippen LogP contribution is 2.70. The van der Waals surface area contributed by atoms with Gasteiger partial charge in [-0.15, -0.1) is 0 Å². The molecule has 0 aromatic heterocycles. The van der Waals surface area contributed by atoms with E-state index in [-0.39, 0.29) is 26.1 Å². The van der Waals surface area contributed by atoms with Gasteiger partial charge in [-0.1, -0.05) is 12.1 Å². The molecule has 7 heteroatoms. The van der Waals surface area contributed by atoms with Crippen molar-refractivity contribution in [2.75, 3.05) is 19.7 Å². The van der Waals surface area contributed by atoms with Gasteiger partial charge in [-0.25, -0.2) is 18.4 Å². The molecule has 0 spiro atoms. The molecule has 154 valence electrons. The summed E-state index contributed by atoms with van der Waals surface area (Å²) in [7, 11) is 0. The highest BCUT2D eigenvalue weighted by Gasteiger charge is 2.82. The lowest BCUT2D eigenvalue weighted by Crippen LogP contribution is -2.43. The Balaban J connectivity index is 1.81. The maximum absolute atomic E-state index is 14.9. The van der Waals surface area contributed by atoms with Crippen molar-refractivity contribution < 1.29 is 27.8 Å². The molecule has 1 saturated carbocycles. The minimum absolute atomic E-state index is 0.0411. The second-order valence-corrected chi connectivity index (χ2v) is 8.57. The molecule has 1 aromatic rings. The van der Waals surface area contributed by atoms with Gasteiger partial charge < -0.3 is 14.4 Å². The molecule has 0 N–H and O–H groups in total. The van der Waals surface area contributed by atoms with E-state index in [0.717, 1.165) is 0 Å². The van der Waals surface area contributed by atoms with E-state index in [1.807, 2.05) is 0 Å². The molecule has 1 saturated heterocycles. The van der Waals surface area contributed by atoms with E-state index in [0.29, 0.717) is 16.7 Å². The van der Waals surface area contributed by atoms with Crippen molar-refractivity contribution in [2.45, 2.75) is 58.0 Å². The topological polar surface area (TPSA) is 55.8 Å². The van der Waals surface area contributed by atoms with Gasteiger partial charge in [-0.3, -0.25) is 0 Å². The van der Waals surface area contributed by atoms with Crippen LogP contribution >= 0.6 is 0 Å². The molecule has 5 nitrogen and oxygen atoms in total. The summed E-state index contributed by atoms with van der Waals surface area (Å²) in [5.41, 5.74) is -0.451. The maximum Gasteiger partial charge on any atom is 0.410 e. The number of esters is 1. The number of amides is 1. The highest BCUT2D eigenvalue weighted by molar-refractivity contribution is 5.91. The number of carbonyl (C=O) groups is 2. The lowest BCUT2D eigenvalue weighted by molar-refractivity contribution is 0.0194. The van der Waals surface area contributed by atoms with E-state index in [2.05, 4.69) is 0 Å². The van der Waals surface area contributed by atoms with Crippen molar-refractivity contribution in [3.63, 3.8) is 0 Å². The molecule has 2 atom stereocenters. The molecule has 28 heavy (non-hydrogen) atoms. The first-order chi connectivity index (χ1) is 12.9. The van der Waals surface area contributed by atoms with Crippen LogP contribution < -0.4 is 0 Å². The maximum atomic E-state index is 14.9. The van der Waals surface area contributed by atoms with E-state index >= 15 is 0 Å². The first-order valence-corrected chi connectivity index (χ1v) is 9.58. The van der Waals surface area contributed by atoms with Gasteiger partial charge in [0.25, 0.3) is 5.92 Å². The number of hydrogen-bond donors (Lipinski definition) is 0. The number of ether oxygens (including phenoxy) is 2. The standard InChI is InChI=1S/C21H27F2NO4/c1-6-27-17(25)15-8-7-14(11-13(15)2)20-9-10-24(12-16(20)21(20,22)23)18(26)28-19(3,4)5/h7-8,11,16H,6,9-10,12H2,1-5H3. The Hall–Kier alpha value is -2.18. The van der Waals surface area contributed by atoms with Crippen molar-refractivity contribution in [3.05, 3.63) is 34.9 Å². The minimum atomic E-state index is -2.90. The normalized spacial score (nSPS) is 25.7. The third-order valence-electron chi connectivity index (χ3n) is 5.61. The van der Waals surface area contributed by atoms with E-state index in [1.165, 1.54) is 4.90 Å². The van der Waals surface area contributed by atoms with Crippen molar-refractivity contribution in [1.29, 1.82) is 0 Å². The molecule has 2 fully saturated rings. The van der Waals surface area contributed by atoms with Crippen molar-refractivity contribution in [1.82, 2.24) is 4.90 Å². The Kier molecular flexibility index (Phi) is 4.92. The fourth-order valence-corrected chi connectivity index (χ4v) is 4.18. The molecular weight excluding hydrogens is 368 g/mol. The summed E-state index contributed by atoms with van der Waals surface area (Å²) in [6.45, 7) is 9.10. The summed E-state index contributed by atoms with van der Waals surface area (Å²) in [5, 5.41) is 0. The zero-order valence-electron chi connectivity index (χ0n) is 17.0. The lowest BCUT2D eigenvalue weighted by atomic mass is 9.85. The molecule has 3 rings (SSSR count). The number of piperidine rings is 1. The molecule has 1 amide bonds. The molecule has 2 unspecified atom stereocenters. The second kappa shape index (κ2) is 6.71. The van der Waals surface area contributed by atoms with E-state index in [4.69, 9.17) is 9.47 Å². The van der Waals surface area contributed by atoms with Gasteiger partial charge in [0.1, 0.15) is 5.60 Å².